The monoisotopic (exact) mass is 341 g/mol. The summed E-state index contributed by atoms with van der Waals surface area (Å²) in [6, 6.07) is 1.29. The van der Waals surface area contributed by atoms with Crippen molar-refractivity contribution in [2.24, 2.45) is 5.92 Å². The molecule has 1 rings (SSSR count). The molecule has 0 aliphatic heterocycles. The van der Waals surface area contributed by atoms with E-state index in [-0.39, 0.29) is 18.6 Å². The number of halogens is 1. The highest BCUT2D eigenvalue weighted by Gasteiger charge is 2.23. The van der Waals surface area contributed by atoms with Crippen molar-refractivity contribution in [1.29, 1.82) is 0 Å². The molecule has 1 aromatic rings. The van der Waals surface area contributed by atoms with E-state index in [1.165, 1.54) is 11.3 Å². The minimum atomic E-state index is -3.51. The second-order valence-electron chi connectivity index (χ2n) is 4.04. The Morgan fingerprint density at radius 1 is 1.53 bits per heavy atom. The van der Waals surface area contributed by atoms with Crippen molar-refractivity contribution < 1.29 is 13.5 Å². The first-order valence-electron chi connectivity index (χ1n) is 5.17. The lowest BCUT2D eigenvalue weighted by Gasteiger charge is -2.19. The third-order valence-electron chi connectivity index (χ3n) is 2.61. The molecule has 2 unspecified atom stereocenters. The van der Waals surface area contributed by atoms with E-state index in [1.807, 2.05) is 0 Å². The Morgan fingerprint density at radius 3 is 2.53 bits per heavy atom. The first-order valence-corrected chi connectivity index (χ1v) is 8.26. The molecular formula is C10H16BrNO3S2. The van der Waals surface area contributed by atoms with Gasteiger partial charge in [-0.25, -0.2) is 13.1 Å². The van der Waals surface area contributed by atoms with Crippen LogP contribution in [0.4, 0.5) is 0 Å². The molecule has 0 radical (unpaired) electrons. The van der Waals surface area contributed by atoms with Gasteiger partial charge in [0.05, 0.1) is 8.68 Å². The van der Waals surface area contributed by atoms with Crippen molar-refractivity contribution in [1.82, 2.24) is 4.72 Å². The summed E-state index contributed by atoms with van der Waals surface area (Å²) in [4.78, 5) is 1.04. The van der Waals surface area contributed by atoms with Crippen molar-refractivity contribution in [3.05, 3.63) is 14.7 Å². The van der Waals surface area contributed by atoms with Crippen LogP contribution in [0.1, 0.15) is 18.7 Å². The Balaban J connectivity index is 2.93. The average Bonchev–Trinajstić information content (AvgIpc) is 2.56. The van der Waals surface area contributed by atoms with E-state index in [2.05, 4.69) is 20.7 Å². The highest BCUT2D eigenvalue weighted by molar-refractivity contribution is 9.11. The summed E-state index contributed by atoms with van der Waals surface area (Å²) in [6.45, 7) is 5.26. The number of hydrogen-bond acceptors (Lipinski definition) is 4. The Morgan fingerprint density at radius 2 is 2.12 bits per heavy atom. The zero-order valence-corrected chi connectivity index (χ0v) is 13.1. The molecule has 4 nitrogen and oxygen atoms in total. The zero-order valence-electron chi connectivity index (χ0n) is 9.90. The van der Waals surface area contributed by atoms with Gasteiger partial charge in [0.25, 0.3) is 0 Å². The van der Waals surface area contributed by atoms with Crippen LogP contribution < -0.4 is 4.72 Å². The third-order valence-corrected chi connectivity index (χ3v) is 5.98. The van der Waals surface area contributed by atoms with Crippen LogP contribution in [0.15, 0.2) is 14.7 Å². The Kier molecular flexibility index (Phi) is 5.15. The van der Waals surface area contributed by atoms with Gasteiger partial charge in [-0.15, -0.1) is 11.3 Å². The van der Waals surface area contributed by atoms with E-state index in [4.69, 9.17) is 5.11 Å². The second-order valence-corrected chi connectivity index (χ2v) is 8.36. The van der Waals surface area contributed by atoms with Crippen LogP contribution in [-0.2, 0) is 10.0 Å². The summed E-state index contributed by atoms with van der Waals surface area (Å²) in [5.41, 5.74) is 0. The van der Waals surface area contributed by atoms with Crippen LogP contribution >= 0.6 is 27.3 Å². The van der Waals surface area contributed by atoms with E-state index in [0.29, 0.717) is 4.90 Å². The molecule has 2 N–H and O–H groups in total. The largest absolute Gasteiger partial charge is 0.396 e. The molecule has 0 saturated heterocycles. The van der Waals surface area contributed by atoms with Gasteiger partial charge in [0.15, 0.2) is 0 Å². The maximum Gasteiger partial charge on any atom is 0.241 e. The smallest absolute Gasteiger partial charge is 0.241 e. The highest BCUT2D eigenvalue weighted by atomic mass is 79.9. The maximum atomic E-state index is 12.1. The van der Waals surface area contributed by atoms with Crippen LogP contribution in [-0.4, -0.2) is 26.2 Å². The average molecular weight is 342 g/mol. The minimum Gasteiger partial charge on any atom is -0.396 e. The molecule has 0 spiro atoms. The molecule has 0 fully saturated rings. The number of nitrogens with one attached hydrogen (secondary N) is 1. The highest BCUT2D eigenvalue weighted by Crippen LogP contribution is 2.29. The lowest BCUT2D eigenvalue weighted by Crippen LogP contribution is -2.38. The molecule has 7 heteroatoms. The molecule has 1 heterocycles. The molecule has 0 aliphatic rings. The molecule has 0 bridgehead atoms. The predicted molar refractivity (Wildman–Crippen MR) is 72.8 cm³/mol. The number of thiophene rings is 1. The minimum absolute atomic E-state index is 0.0456. The molecule has 2 atom stereocenters. The molecule has 17 heavy (non-hydrogen) atoms. The van der Waals surface area contributed by atoms with Gasteiger partial charge in [-0.3, -0.25) is 0 Å². The van der Waals surface area contributed by atoms with Crippen molar-refractivity contribution in [2.75, 3.05) is 6.61 Å². The van der Waals surface area contributed by atoms with Gasteiger partial charge in [-0.2, -0.15) is 0 Å². The first kappa shape index (κ1) is 15.1. The van der Waals surface area contributed by atoms with Gasteiger partial charge in [-0.05, 0) is 41.8 Å². The second kappa shape index (κ2) is 5.79. The summed E-state index contributed by atoms with van der Waals surface area (Å²) in [6.07, 6.45) is 0. The fourth-order valence-electron chi connectivity index (χ4n) is 1.28. The summed E-state index contributed by atoms with van der Waals surface area (Å²) < 4.78 is 27.5. The predicted octanol–water partition coefficient (Wildman–Crippen LogP) is 2.11. The summed E-state index contributed by atoms with van der Waals surface area (Å²) in [5.74, 6) is -0.118. The van der Waals surface area contributed by atoms with Crippen LogP contribution in [0.3, 0.4) is 0 Å². The summed E-state index contributed by atoms with van der Waals surface area (Å²) in [7, 11) is -3.51. The fraction of sp³-hybridized carbons (Fsp3) is 0.600. The zero-order chi connectivity index (χ0) is 13.2. The Hall–Kier alpha value is 0.0500. The fourth-order valence-corrected chi connectivity index (χ4v) is 5.05. The van der Waals surface area contributed by atoms with Gasteiger partial charge in [0.2, 0.25) is 10.0 Å². The van der Waals surface area contributed by atoms with Crippen LogP contribution in [0.25, 0.3) is 0 Å². The van der Waals surface area contributed by atoms with Gasteiger partial charge >= 0.3 is 0 Å². The van der Waals surface area contributed by atoms with Crippen molar-refractivity contribution in [2.45, 2.75) is 31.7 Å². The number of aliphatic hydroxyl groups excluding tert-OH is 1. The quantitative estimate of drug-likeness (QED) is 0.861. The van der Waals surface area contributed by atoms with Crippen molar-refractivity contribution >= 4 is 37.3 Å². The topological polar surface area (TPSA) is 66.4 Å². The lowest BCUT2D eigenvalue weighted by molar-refractivity contribution is 0.216. The normalized spacial score (nSPS) is 15.8. The van der Waals surface area contributed by atoms with E-state index in [0.717, 1.165) is 8.66 Å². The van der Waals surface area contributed by atoms with Gasteiger partial charge < -0.3 is 5.11 Å². The molecule has 98 valence electrons. The van der Waals surface area contributed by atoms with Gasteiger partial charge in [-0.1, -0.05) is 6.92 Å². The number of aliphatic hydroxyl groups is 1. The number of aryl methyl sites for hydroxylation is 1. The molecule has 0 amide bonds. The van der Waals surface area contributed by atoms with Crippen molar-refractivity contribution in [3.63, 3.8) is 0 Å². The number of sulfonamides is 1. The van der Waals surface area contributed by atoms with Crippen LogP contribution in [0.2, 0.25) is 0 Å². The standard InChI is InChI=1S/C10H16BrNO3S2/c1-6(5-13)7(2)12-17(14,15)9-4-10(11)16-8(9)3/h4,6-7,12-13H,5H2,1-3H3. The first-order chi connectivity index (χ1) is 7.77. The van der Waals surface area contributed by atoms with E-state index < -0.39 is 10.0 Å². The van der Waals surface area contributed by atoms with Crippen LogP contribution in [0.5, 0.6) is 0 Å². The molecule has 0 aliphatic carbocycles. The van der Waals surface area contributed by atoms with E-state index in [1.54, 1.807) is 26.8 Å². The Labute approximate surface area is 114 Å². The van der Waals surface area contributed by atoms with E-state index in [9.17, 15) is 8.42 Å². The third kappa shape index (κ3) is 3.75. The maximum absolute atomic E-state index is 12.1. The lowest BCUT2D eigenvalue weighted by atomic mass is 10.1. The van der Waals surface area contributed by atoms with Gasteiger partial charge in [0.1, 0.15) is 0 Å². The summed E-state index contributed by atoms with van der Waals surface area (Å²) in [5, 5.41) is 8.99. The van der Waals surface area contributed by atoms with E-state index >= 15 is 0 Å². The molecule has 1 aromatic heterocycles. The number of rotatable bonds is 5. The van der Waals surface area contributed by atoms with Crippen molar-refractivity contribution in [3.8, 4) is 0 Å². The number of hydrogen-bond donors (Lipinski definition) is 2. The van der Waals surface area contributed by atoms with Gasteiger partial charge in [0, 0.05) is 17.5 Å². The molecule has 0 saturated carbocycles. The molecule has 0 aromatic carbocycles. The summed E-state index contributed by atoms with van der Waals surface area (Å²) >= 11 is 4.66. The van der Waals surface area contributed by atoms with Crippen LogP contribution in [0, 0.1) is 12.8 Å². The molecular weight excluding hydrogens is 326 g/mol. The SMILES string of the molecule is Cc1sc(Br)cc1S(=O)(=O)NC(C)C(C)CO. The Bertz CT molecular complexity index is 484.